The first-order chi connectivity index (χ1) is 15.1. The second-order valence-electron chi connectivity index (χ2n) is 7.19. The number of ether oxygens (including phenoxy) is 2. The third-order valence-corrected chi connectivity index (χ3v) is 6.41. The Kier molecular flexibility index (Phi) is 6.35. The Balaban J connectivity index is 1.45. The number of para-hydroxylation sites is 1. The molecule has 3 aromatic rings. The Bertz CT molecular complexity index is 1170. The second-order valence-corrected chi connectivity index (χ2v) is 8.30. The van der Waals surface area contributed by atoms with Gasteiger partial charge in [0, 0.05) is 22.4 Å². The number of nitrogens with zero attached hydrogens (tertiary/aromatic N) is 1. The van der Waals surface area contributed by atoms with Gasteiger partial charge in [0.05, 0.1) is 12.2 Å². The highest BCUT2D eigenvalue weighted by molar-refractivity contribution is 7.16. The number of amides is 1. The van der Waals surface area contributed by atoms with Gasteiger partial charge in [0.25, 0.3) is 5.91 Å². The Morgan fingerprint density at radius 3 is 2.87 bits per heavy atom. The number of esters is 1. The third-order valence-electron chi connectivity index (χ3n) is 5.20. The van der Waals surface area contributed by atoms with Crippen molar-refractivity contribution in [3.05, 3.63) is 51.6 Å². The molecular weight excluding hydrogens is 416 g/mol. The van der Waals surface area contributed by atoms with E-state index in [1.807, 2.05) is 25.1 Å². The van der Waals surface area contributed by atoms with Crippen LogP contribution in [0, 0.1) is 11.3 Å². The number of carbonyl (C=O) groups excluding carboxylic acids is 2. The van der Waals surface area contributed by atoms with E-state index in [4.69, 9.17) is 13.9 Å². The molecule has 1 aliphatic carbocycles. The maximum Gasteiger partial charge on any atom is 0.375 e. The maximum atomic E-state index is 12.6. The minimum Gasteiger partial charge on any atom is -0.450 e. The van der Waals surface area contributed by atoms with Crippen molar-refractivity contribution in [1.29, 1.82) is 5.26 Å². The molecule has 8 heteroatoms. The lowest BCUT2D eigenvalue weighted by Crippen LogP contribution is -2.21. The number of anilines is 1. The Morgan fingerprint density at radius 1 is 1.26 bits per heavy atom. The number of hydrogen-bond acceptors (Lipinski definition) is 7. The van der Waals surface area contributed by atoms with Crippen molar-refractivity contribution in [2.45, 2.75) is 39.2 Å². The summed E-state index contributed by atoms with van der Waals surface area (Å²) < 4.78 is 16.4. The van der Waals surface area contributed by atoms with Crippen molar-refractivity contribution >= 4 is 39.2 Å². The van der Waals surface area contributed by atoms with Crippen molar-refractivity contribution in [3.8, 4) is 6.07 Å². The van der Waals surface area contributed by atoms with E-state index >= 15 is 0 Å². The number of fused-ring (bicyclic) bond motifs is 2. The van der Waals surface area contributed by atoms with Crippen LogP contribution in [0.25, 0.3) is 11.0 Å². The van der Waals surface area contributed by atoms with Crippen LogP contribution in [0.4, 0.5) is 5.00 Å². The summed E-state index contributed by atoms with van der Waals surface area (Å²) in [5.74, 6) is -1.19. The van der Waals surface area contributed by atoms with Gasteiger partial charge in [-0.15, -0.1) is 11.3 Å². The molecule has 0 saturated carbocycles. The smallest absolute Gasteiger partial charge is 0.375 e. The number of thiophene rings is 1. The molecule has 7 nitrogen and oxygen atoms in total. The van der Waals surface area contributed by atoms with Crippen molar-refractivity contribution < 1.29 is 23.5 Å². The van der Waals surface area contributed by atoms with Crippen molar-refractivity contribution in [1.82, 2.24) is 0 Å². The lowest BCUT2D eigenvalue weighted by atomic mass is 9.96. The van der Waals surface area contributed by atoms with Gasteiger partial charge >= 0.3 is 5.97 Å². The van der Waals surface area contributed by atoms with Crippen LogP contribution in [0.3, 0.4) is 0 Å². The topological polar surface area (TPSA) is 102 Å². The molecule has 1 aromatic carbocycles. The normalized spacial score (nSPS) is 12.9. The number of benzene rings is 1. The van der Waals surface area contributed by atoms with Crippen molar-refractivity contribution in [2.24, 2.45) is 0 Å². The summed E-state index contributed by atoms with van der Waals surface area (Å²) in [6.45, 7) is 2.08. The summed E-state index contributed by atoms with van der Waals surface area (Å²) in [6, 6.07) is 9.47. The van der Waals surface area contributed by atoms with Gasteiger partial charge in [-0.25, -0.2) is 4.79 Å². The Hall–Kier alpha value is -3.15. The zero-order chi connectivity index (χ0) is 21.8. The average Bonchev–Trinajstić information content (AvgIpc) is 3.33. The van der Waals surface area contributed by atoms with Crippen LogP contribution in [-0.4, -0.2) is 25.1 Å². The number of nitrogens with one attached hydrogen (secondary N) is 1. The zero-order valence-corrected chi connectivity index (χ0v) is 18.0. The molecule has 160 valence electrons. The van der Waals surface area contributed by atoms with Crippen LogP contribution >= 0.6 is 11.3 Å². The van der Waals surface area contributed by atoms with Crippen molar-refractivity contribution in [3.63, 3.8) is 0 Å². The quantitative estimate of drug-likeness (QED) is 0.542. The summed E-state index contributed by atoms with van der Waals surface area (Å²) >= 11 is 1.43. The predicted octanol–water partition coefficient (Wildman–Crippen LogP) is 4.58. The zero-order valence-electron chi connectivity index (χ0n) is 17.2. The molecule has 4 rings (SSSR count). The monoisotopic (exact) mass is 438 g/mol. The minimum absolute atomic E-state index is 0.0340. The molecule has 0 fully saturated rings. The first kappa shape index (κ1) is 21.1. The molecule has 31 heavy (non-hydrogen) atoms. The maximum absolute atomic E-state index is 12.6. The molecule has 2 aromatic heterocycles. The van der Waals surface area contributed by atoms with E-state index < -0.39 is 18.5 Å². The van der Waals surface area contributed by atoms with Gasteiger partial charge in [0.15, 0.2) is 6.61 Å². The van der Waals surface area contributed by atoms with E-state index in [-0.39, 0.29) is 12.4 Å². The molecule has 1 N–H and O–H groups in total. The van der Waals surface area contributed by atoms with Crippen LogP contribution in [-0.2, 0) is 33.7 Å². The van der Waals surface area contributed by atoms with Gasteiger partial charge in [-0.05, 0) is 44.2 Å². The van der Waals surface area contributed by atoms with Gasteiger partial charge in [-0.2, -0.15) is 5.26 Å². The third kappa shape index (κ3) is 4.33. The summed E-state index contributed by atoms with van der Waals surface area (Å²) in [4.78, 5) is 26.2. The lowest BCUT2D eigenvalue weighted by molar-refractivity contribution is -0.119. The number of carbonyl (C=O) groups is 2. The molecule has 1 amide bonds. The van der Waals surface area contributed by atoms with E-state index in [0.29, 0.717) is 28.3 Å². The standard InChI is InChI=1S/C23H22N2O5S/c1-2-28-12-17-14-7-3-5-9-18(14)30-21(17)23(27)29-13-20(26)25-22-16(11-24)15-8-4-6-10-19(15)31-22/h3,5,7,9H,2,4,6,8,10,12-13H2,1H3,(H,25,26). The first-order valence-corrected chi connectivity index (χ1v) is 11.0. The Morgan fingerprint density at radius 2 is 2.06 bits per heavy atom. The number of aryl methyl sites for hydroxylation is 1. The fourth-order valence-electron chi connectivity index (χ4n) is 3.74. The van der Waals surface area contributed by atoms with E-state index in [1.165, 1.54) is 11.3 Å². The summed E-state index contributed by atoms with van der Waals surface area (Å²) in [6.07, 6.45) is 3.92. The van der Waals surface area contributed by atoms with Crippen molar-refractivity contribution in [2.75, 3.05) is 18.5 Å². The number of hydrogen-bond donors (Lipinski definition) is 1. The number of rotatable bonds is 7. The fraction of sp³-hybridized carbons (Fsp3) is 0.348. The van der Waals surface area contributed by atoms with Crippen LogP contribution in [0.2, 0.25) is 0 Å². The minimum atomic E-state index is -0.730. The Labute approximate surface area is 183 Å². The summed E-state index contributed by atoms with van der Waals surface area (Å²) in [5, 5.41) is 13.5. The predicted molar refractivity (Wildman–Crippen MR) is 116 cm³/mol. The summed E-state index contributed by atoms with van der Waals surface area (Å²) in [7, 11) is 0. The highest BCUT2D eigenvalue weighted by atomic mass is 32.1. The van der Waals surface area contributed by atoms with E-state index in [0.717, 1.165) is 41.5 Å². The molecule has 0 unspecified atom stereocenters. The lowest BCUT2D eigenvalue weighted by Gasteiger charge is -2.09. The molecule has 0 aliphatic heterocycles. The van der Waals surface area contributed by atoms with Crippen LogP contribution in [0.1, 0.15) is 51.9 Å². The summed E-state index contributed by atoms with van der Waals surface area (Å²) in [5.41, 5.74) is 2.71. The molecule has 0 radical (unpaired) electrons. The van der Waals surface area contributed by atoms with Gasteiger partial charge in [-0.1, -0.05) is 18.2 Å². The van der Waals surface area contributed by atoms with Gasteiger partial charge in [-0.3, -0.25) is 4.79 Å². The number of furan rings is 1. The average molecular weight is 439 g/mol. The second kappa shape index (κ2) is 9.33. The van der Waals surface area contributed by atoms with E-state index in [2.05, 4.69) is 11.4 Å². The molecule has 1 aliphatic rings. The molecule has 0 spiro atoms. The molecular formula is C23H22N2O5S. The molecule has 0 atom stereocenters. The van der Waals surface area contributed by atoms with E-state index in [9.17, 15) is 14.9 Å². The van der Waals surface area contributed by atoms with E-state index in [1.54, 1.807) is 6.07 Å². The fourth-order valence-corrected chi connectivity index (χ4v) is 5.00. The van der Waals surface area contributed by atoms with Gasteiger partial charge < -0.3 is 19.2 Å². The van der Waals surface area contributed by atoms with Crippen LogP contribution in [0.15, 0.2) is 28.7 Å². The van der Waals surface area contributed by atoms with Crippen LogP contribution in [0.5, 0.6) is 0 Å². The molecule has 0 bridgehead atoms. The highest BCUT2D eigenvalue weighted by Crippen LogP contribution is 2.37. The molecule has 2 heterocycles. The van der Waals surface area contributed by atoms with Gasteiger partial charge in [0.2, 0.25) is 5.76 Å². The highest BCUT2D eigenvalue weighted by Gasteiger charge is 2.24. The number of nitriles is 1. The molecule has 0 saturated heterocycles. The first-order valence-electron chi connectivity index (χ1n) is 10.2. The van der Waals surface area contributed by atoms with Crippen LogP contribution < -0.4 is 5.32 Å². The largest absolute Gasteiger partial charge is 0.450 e. The SMILES string of the molecule is CCOCc1c(C(=O)OCC(=O)Nc2sc3c(c2C#N)CCCC3)oc2ccccc12. The van der Waals surface area contributed by atoms with Gasteiger partial charge in [0.1, 0.15) is 16.7 Å².